The van der Waals surface area contributed by atoms with Gasteiger partial charge in [0.1, 0.15) is 6.04 Å². The maximum atomic E-state index is 11.7. The standard InChI is InChI=1S/C11H20N2O2/c1-7(2)6-12-11(15)10(8(3)4)13-9(5)14/h8,10H,1,6H2,2-5H3,(H,12,15)(H,13,14). The molecular formula is C11H20N2O2. The third-order valence-electron chi connectivity index (χ3n) is 1.87. The van der Waals surface area contributed by atoms with Crippen molar-refractivity contribution in [2.45, 2.75) is 33.7 Å². The molecule has 0 aromatic rings. The first-order chi connectivity index (χ1) is 6.84. The lowest BCUT2D eigenvalue weighted by Crippen LogP contribution is -2.49. The molecule has 0 radical (unpaired) electrons. The molecule has 0 aromatic heterocycles. The van der Waals surface area contributed by atoms with Gasteiger partial charge in [-0.2, -0.15) is 0 Å². The summed E-state index contributed by atoms with van der Waals surface area (Å²) in [6, 6.07) is -0.471. The Labute approximate surface area is 91.1 Å². The Hall–Kier alpha value is -1.32. The number of amides is 2. The number of hydrogen-bond donors (Lipinski definition) is 2. The number of nitrogens with one attached hydrogen (secondary N) is 2. The van der Waals surface area contributed by atoms with Crippen molar-refractivity contribution < 1.29 is 9.59 Å². The Morgan fingerprint density at radius 2 is 1.80 bits per heavy atom. The first kappa shape index (κ1) is 13.7. The fourth-order valence-corrected chi connectivity index (χ4v) is 1.10. The zero-order chi connectivity index (χ0) is 12.0. The Balaban J connectivity index is 4.29. The summed E-state index contributed by atoms with van der Waals surface area (Å²) in [6.07, 6.45) is 0. The van der Waals surface area contributed by atoms with Gasteiger partial charge in [-0.25, -0.2) is 0 Å². The molecule has 2 amide bonds. The molecule has 1 unspecified atom stereocenters. The minimum Gasteiger partial charge on any atom is -0.351 e. The van der Waals surface area contributed by atoms with Gasteiger partial charge in [0.25, 0.3) is 0 Å². The summed E-state index contributed by atoms with van der Waals surface area (Å²) in [4.78, 5) is 22.6. The van der Waals surface area contributed by atoms with Crippen molar-refractivity contribution in [3.63, 3.8) is 0 Å². The Kier molecular flexibility index (Phi) is 5.67. The van der Waals surface area contributed by atoms with E-state index in [0.29, 0.717) is 6.54 Å². The predicted octanol–water partition coefficient (Wildman–Crippen LogP) is 0.839. The maximum Gasteiger partial charge on any atom is 0.243 e. The van der Waals surface area contributed by atoms with Crippen molar-refractivity contribution in [3.8, 4) is 0 Å². The van der Waals surface area contributed by atoms with E-state index in [2.05, 4.69) is 17.2 Å². The number of hydrogen-bond acceptors (Lipinski definition) is 2. The van der Waals surface area contributed by atoms with Crippen molar-refractivity contribution in [1.82, 2.24) is 10.6 Å². The minimum absolute atomic E-state index is 0.0685. The van der Waals surface area contributed by atoms with E-state index < -0.39 is 6.04 Å². The molecule has 0 aliphatic heterocycles. The molecule has 15 heavy (non-hydrogen) atoms. The van der Waals surface area contributed by atoms with E-state index in [1.807, 2.05) is 20.8 Å². The molecule has 0 saturated heterocycles. The SMILES string of the molecule is C=C(C)CNC(=O)C(NC(C)=O)C(C)C. The highest BCUT2D eigenvalue weighted by Gasteiger charge is 2.22. The molecule has 0 aliphatic carbocycles. The fraction of sp³-hybridized carbons (Fsp3) is 0.636. The number of carbonyl (C=O) groups is 2. The average molecular weight is 212 g/mol. The van der Waals surface area contributed by atoms with Crippen LogP contribution in [0.5, 0.6) is 0 Å². The van der Waals surface area contributed by atoms with E-state index in [4.69, 9.17) is 0 Å². The molecule has 2 N–H and O–H groups in total. The Morgan fingerprint density at radius 1 is 1.27 bits per heavy atom. The quantitative estimate of drug-likeness (QED) is 0.663. The van der Waals surface area contributed by atoms with E-state index in [0.717, 1.165) is 5.57 Å². The molecule has 0 fully saturated rings. The van der Waals surface area contributed by atoms with Crippen molar-refractivity contribution in [2.24, 2.45) is 5.92 Å². The van der Waals surface area contributed by atoms with Crippen LogP contribution in [-0.2, 0) is 9.59 Å². The van der Waals surface area contributed by atoms with Gasteiger partial charge >= 0.3 is 0 Å². The van der Waals surface area contributed by atoms with Crippen LogP contribution in [0.15, 0.2) is 12.2 Å². The van der Waals surface area contributed by atoms with E-state index in [-0.39, 0.29) is 17.7 Å². The third-order valence-corrected chi connectivity index (χ3v) is 1.87. The van der Waals surface area contributed by atoms with Crippen LogP contribution >= 0.6 is 0 Å². The van der Waals surface area contributed by atoms with Crippen LogP contribution in [0.25, 0.3) is 0 Å². The van der Waals surface area contributed by atoms with Crippen LogP contribution in [-0.4, -0.2) is 24.4 Å². The molecule has 0 aliphatic rings. The largest absolute Gasteiger partial charge is 0.351 e. The van der Waals surface area contributed by atoms with Gasteiger partial charge in [-0.15, -0.1) is 0 Å². The van der Waals surface area contributed by atoms with Crippen LogP contribution in [0.1, 0.15) is 27.7 Å². The second kappa shape index (κ2) is 6.22. The Morgan fingerprint density at radius 3 is 2.13 bits per heavy atom. The van der Waals surface area contributed by atoms with E-state index in [1.54, 1.807) is 0 Å². The van der Waals surface area contributed by atoms with Crippen molar-refractivity contribution in [2.75, 3.05) is 6.54 Å². The van der Waals surface area contributed by atoms with Gasteiger partial charge in [0.15, 0.2) is 0 Å². The van der Waals surface area contributed by atoms with Crippen LogP contribution in [0.3, 0.4) is 0 Å². The first-order valence-corrected chi connectivity index (χ1v) is 5.03. The summed E-state index contributed by atoms with van der Waals surface area (Å²) < 4.78 is 0. The van der Waals surface area contributed by atoms with Crippen LogP contribution < -0.4 is 10.6 Å². The zero-order valence-electron chi connectivity index (χ0n) is 9.89. The van der Waals surface area contributed by atoms with Gasteiger partial charge in [0, 0.05) is 13.5 Å². The molecular weight excluding hydrogens is 192 g/mol. The van der Waals surface area contributed by atoms with Crippen LogP contribution in [0.2, 0.25) is 0 Å². The zero-order valence-corrected chi connectivity index (χ0v) is 9.89. The second-order valence-corrected chi connectivity index (χ2v) is 4.10. The van der Waals surface area contributed by atoms with E-state index >= 15 is 0 Å². The first-order valence-electron chi connectivity index (χ1n) is 5.03. The molecule has 4 nitrogen and oxygen atoms in total. The third kappa shape index (κ3) is 5.88. The topological polar surface area (TPSA) is 58.2 Å². The second-order valence-electron chi connectivity index (χ2n) is 4.10. The molecule has 1 atom stereocenters. The summed E-state index contributed by atoms with van der Waals surface area (Å²) in [5, 5.41) is 5.34. The minimum atomic E-state index is -0.471. The normalized spacial score (nSPS) is 12.1. The molecule has 0 aromatic carbocycles. The summed E-state index contributed by atoms with van der Waals surface area (Å²) >= 11 is 0. The van der Waals surface area contributed by atoms with Gasteiger partial charge in [0.05, 0.1) is 0 Å². The molecule has 86 valence electrons. The molecule has 0 rings (SSSR count). The summed E-state index contributed by atoms with van der Waals surface area (Å²) in [6.45, 7) is 11.2. The smallest absolute Gasteiger partial charge is 0.243 e. The Bertz CT molecular complexity index is 259. The lowest BCUT2D eigenvalue weighted by molar-refractivity contribution is -0.129. The highest BCUT2D eigenvalue weighted by atomic mass is 16.2. The van der Waals surface area contributed by atoms with Gasteiger partial charge in [0.2, 0.25) is 11.8 Å². The van der Waals surface area contributed by atoms with Crippen LogP contribution in [0, 0.1) is 5.92 Å². The summed E-state index contributed by atoms with van der Waals surface area (Å²) in [5.41, 5.74) is 0.883. The highest BCUT2D eigenvalue weighted by molar-refractivity contribution is 5.87. The summed E-state index contributed by atoms with van der Waals surface area (Å²) in [7, 11) is 0. The van der Waals surface area contributed by atoms with Gasteiger partial charge < -0.3 is 10.6 Å². The fourth-order valence-electron chi connectivity index (χ4n) is 1.10. The average Bonchev–Trinajstić information content (AvgIpc) is 2.09. The van der Waals surface area contributed by atoms with Crippen molar-refractivity contribution in [1.29, 1.82) is 0 Å². The lowest BCUT2D eigenvalue weighted by atomic mass is 10.0. The molecule has 0 spiro atoms. The maximum absolute atomic E-state index is 11.7. The van der Waals surface area contributed by atoms with Gasteiger partial charge in [-0.3, -0.25) is 9.59 Å². The monoisotopic (exact) mass is 212 g/mol. The van der Waals surface area contributed by atoms with Crippen molar-refractivity contribution in [3.05, 3.63) is 12.2 Å². The summed E-state index contributed by atoms with van der Waals surface area (Å²) in [5.74, 6) is -0.290. The lowest BCUT2D eigenvalue weighted by Gasteiger charge is -2.20. The molecule has 0 bridgehead atoms. The predicted molar refractivity (Wildman–Crippen MR) is 60.3 cm³/mol. The van der Waals surface area contributed by atoms with E-state index in [1.165, 1.54) is 6.92 Å². The van der Waals surface area contributed by atoms with Gasteiger partial charge in [-0.05, 0) is 12.8 Å². The van der Waals surface area contributed by atoms with Crippen molar-refractivity contribution >= 4 is 11.8 Å². The molecule has 0 heterocycles. The molecule has 4 heteroatoms. The molecule has 0 saturated carbocycles. The van der Waals surface area contributed by atoms with E-state index in [9.17, 15) is 9.59 Å². The number of rotatable bonds is 5. The number of carbonyl (C=O) groups excluding carboxylic acids is 2. The van der Waals surface area contributed by atoms with Crippen LogP contribution in [0.4, 0.5) is 0 Å². The highest BCUT2D eigenvalue weighted by Crippen LogP contribution is 2.01. The van der Waals surface area contributed by atoms with Gasteiger partial charge in [-0.1, -0.05) is 26.0 Å².